The lowest BCUT2D eigenvalue weighted by molar-refractivity contribution is 0.127. The van der Waals surface area contributed by atoms with Gasteiger partial charge in [-0.3, -0.25) is 0 Å². The molecule has 1 fully saturated rings. The second-order valence-corrected chi connectivity index (χ2v) is 7.78. The number of halogens is 1. The summed E-state index contributed by atoms with van der Waals surface area (Å²) >= 11 is 6.04. The van der Waals surface area contributed by atoms with Gasteiger partial charge < -0.3 is 4.84 Å². The summed E-state index contributed by atoms with van der Waals surface area (Å²) in [5, 5.41) is 5.30. The van der Waals surface area contributed by atoms with Crippen LogP contribution in [0, 0.1) is 12.8 Å². The molecule has 0 aromatic heterocycles. The molecule has 3 aromatic rings. The molecule has 3 aromatic carbocycles. The first kappa shape index (κ1) is 18.8. The fourth-order valence-electron chi connectivity index (χ4n) is 3.61. The zero-order valence-corrected chi connectivity index (χ0v) is 16.8. The molecule has 1 aliphatic rings. The number of rotatable bonds is 6. The maximum absolute atomic E-state index is 6.04. The van der Waals surface area contributed by atoms with Gasteiger partial charge in [0.1, 0.15) is 6.61 Å². The molecule has 142 valence electrons. The van der Waals surface area contributed by atoms with Crippen molar-refractivity contribution in [3.05, 3.63) is 94.5 Å². The van der Waals surface area contributed by atoms with Crippen LogP contribution in [0.1, 0.15) is 36.0 Å². The third kappa shape index (κ3) is 4.13. The van der Waals surface area contributed by atoms with E-state index in [1.54, 1.807) is 0 Å². The highest BCUT2D eigenvalue weighted by Crippen LogP contribution is 2.31. The van der Waals surface area contributed by atoms with Crippen molar-refractivity contribution in [3.8, 4) is 11.1 Å². The minimum Gasteiger partial charge on any atom is -0.391 e. The molecule has 28 heavy (non-hydrogen) atoms. The van der Waals surface area contributed by atoms with Gasteiger partial charge in [-0.05, 0) is 59.7 Å². The summed E-state index contributed by atoms with van der Waals surface area (Å²) in [4.78, 5) is 5.85. The largest absolute Gasteiger partial charge is 0.391 e. The SMILES string of the molecule is Cc1c(CO/N=C(/c2ccc(Cl)cc2)C2CCC2)cccc1-c1ccccc1. The topological polar surface area (TPSA) is 21.6 Å². The molecular formula is C25H24ClNO. The first-order valence-electron chi connectivity index (χ1n) is 9.82. The first-order valence-corrected chi connectivity index (χ1v) is 10.2. The average molecular weight is 390 g/mol. The van der Waals surface area contributed by atoms with E-state index >= 15 is 0 Å². The number of nitrogens with zero attached hydrogens (tertiary/aromatic N) is 1. The number of hydrogen-bond donors (Lipinski definition) is 0. The van der Waals surface area contributed by atoms with E-state index in [0.29, 0.717) is 12.5 Å². The fraction of sp³-hybridized carbons (Fsp3) is 0.240. The highest BCUT2D eigenvalue weighted by molar-refractivity contribution is 6.30. The second kappa shape index (κ2) is 8.62. The van der Waals surface area contributed by atoms with Crippen LogP contribution in [0.5, 0.6) is 0 Å². The molecule has 4 rings (SSSR count). The smallest absolute Gasteiger partial charge is 0.142 e. The Morgan fingerprint density at radius 2 is 1.71 bits per heavy atom. The maximum Gasteiger partial charge on any atom is 0.142 e. The van der Waals surface area contributed by atoms with Gasteiger partial charge in [0.05, 0.1) is 5.71 Å². The molecule has 1 saturated carbocycles. The van der Waals surface area contributed by atoms with Crippen LogP contribution in [0.4, 0.5) is 0 Å². The van der Waals surface area contributed by atoms with Gasteiger partial charge in [0, 0.05) is 10.9 Å². The molecule has 3 heteroatoms. The van der Waals surface area contributed by atoms with Gasteiger partial charge in [-0.1, -0.05) is 83.8 Å². The zero-order chi connectivity index (χ0) is 19.3. The van der Waals surface area contributed by atoms with Gasteiger partial charge in [-0.2, -0.15) is 0 Å². The summed E-state index contributed by atoms with van der Waals surface area (Å²) in [6.07, 6.45) is 3.61. The Balaban J connectivity index is 1.54. The second-order valence-electron chi connectivity index (χ2n) is 7.34. The summed E-state index contributed by atoms with van der Waals surface area (Å²) in [6, 6.07) is 24.7. The van der Waals surface area contributed by atoms with E-state index in [-0.39, 0.29) is 0 Å². The van der Waals surface area contributed by atoms with Crippen LogP contribution in [0.25, 0.3) is 11.1 Å². The molecule has 0 unspecified atom stereocenters. The summed E-state index contributed by atoms with van der Waals surface area (Å²) in [5.41, 5.74) is 7.00. The van der Waals surface area contributed by atoms with Crippen molar-refractivity contribution in [3.63, 3.8) is 0 Å². The van der Waals surface area contributed by atoms with Crippen LogP contribution in [-0.2, 0) is 11.4 Å². The van der Waals surface area contributed by atoms with Crippen molar-refractivity contribution >= 4 is 17.3 Å². The molecule has 0 heterocycles. The highest BCUT2D eigenvalue weighted by Gasteiger charge is 2.25. The lowest BCUT2D eigenvalue weighted by Gasteiger charge is -2.26. The lowest BCUT2D eigenvalue weighted by atomic mass is 9.79. The number of hydrogen-bond acceptors (Lipinski definition) is 2. The Morgan fingerprint density at radius 1 is 0.964 bits per heavy atom. The molecule has 1 aliphatic carbocycles. The molecule has 0 aliphatic heterocycles. The Hall–Kier alpha value is -2.58. The van der Waals surface area contributed by atoms with E-state index in [2.05, 4.69) is 54.5 Å². The number of benzene rings is 3. The Morgan fingerprint density at radius 3 is 2.39 bits per heavy atom. The predicted molar refractivity (Wildman–Crippen MR) is 117 cm³/mol. The molecule has 0 bridgehead atoms. The van der Waals surface area contributed by atoms with E-state index < -0.39 is 0 Å². The molecule has 2 nitrogen and oxygen atoms in total. The Bertz CT molecular complexity index is 960. The zero-order valence-electron chi connectivity index (χ0n) is 16.1. The fourth-order valence-corrected chi connectivity index (χ4v) is 3.73. The van der Waals surface area contributed by atoms with E-state index in [0.717, 1.165) is 21.9 Å². The molecule has 0 N–H and O–H groups in total. The third-order valence-electron chi connectivity index (χ3n) is 5.55. The molecule has 0 saturated heterocycles. The van der Waals surface area contributed by atoms with E-state index in [1.165, 1.54) is 36.0 Å². The Kier molecular flexibility index (Phi) is 5.78. The first-order chi connectivity index (χ1) is 13.7. The van der Waals surface area contributed by atoms with E-state index in [4.69, 9.17) is 16.4 Å². The standard InChI is InChI=1S/C25H24ClNO/c1-18-22(11-6-12-24(18)19-7-3-2-4-8-19)17-28-27-25(20-9-5-10-20)21-13-15-23(26)16-14-21/h2-4,6-8,11-16,20H,5,9-10,17H2,1H3/b27-25+. The minimum atomic E-state index is 0.469. The van der Waals surface area contributed by atoms with Gasteiger partial charge in [0.2, 0.25) is 0 Å². The predicted octanol–water partition coefficient (Wildman–Crippen LogP) is 7.04. The minimum absolute atomic E-state index is 0.469. The molecule has 0 radical (unpaired) electrons. The average Bonchev–Trinajstić information content (AvgIpc) is 2.68. The summed E-state index contributed by atoms with van der Waals surface area (Å²) in [6.45, 7) is 2.62. The quantitative estimate of drug-likeness (QED) is 0.327. The van der Waals surface area contributed by atoms with Crippen LogP contribution < -0.4 is 0 Å². The van der Waals surface area contributed by atoms with Gasteiger partial charge in [0.25, 0.3) is 0 Å². The molecule has 0 atom stereocenters. The van der Waals surface area contributed by atoms with Crippen molar-refractivity contribution in [2.24, 2.45) is 11.1 Å². The van der Waals surface area contributed by atoms with Crippen molar-refractivity contribution in [2.45, 2.75) is 32.8 Å². The summed E-state index contributed by atoms with van der Waals surface area (Å²) in [7, 11) is 0. The third-order valence-corrected chi connectivity index (χ3v) is 5.80. The Labute approximate surface area is 171 Å². The van der Waals surface area contributed by atoms with E-state index in [9.17, 15) is 0 Å². The van der Waals surface area contributed by atoms with Crippen LogP contribution >= 0.6 is 11.6 Å². The molecule has 0 amide bonds. The summed E-state index contributed by atoms with van der Waals surface area (Å²) in [5.74, 6) is 0.484. The highest BCUT2D eigenvalue weighted by atomic mass is 35.5. The van der Waals surface area contributed by atoms with Gasteiger partial charge in [-0.15, -0.1) is 0 Å². The molecule has 0 spiro atoms. The maximum atomic E-state index is 6.04. The van der Waals surface area contributed by atoms with Crippen LogP contribution in [0.3, 0.4) is 0 Å². The van der Waals surface area contributed by atoms with Crippen LogP contribution in [0.15, 0.2) is 78.0 Å². The van der Waals surface area contributed by atoms with Gasteiger partial charge in [-0.25, -0.2) is 0 Å². The van der Waals surface area contributed by atoms with E-state index in [1.807, 2.05) is 30.3 Å². The normalized spacial score (nSPS) is 14.6. The summed E-state index contributed by atoms with van der Waals surface area (Å²) < 4.78 is 0. The van der Waals surface area contributed by atoms with Gasteiger partial charge in [0.15, 0.2) is 0 Å². The van der Waals surface area contributed by atoms with Crippen LogP contribution in [-0.4, -0.2) is 5.71 Å². The van der Waals surface area contributed by atoms with Crippen molar-refractivity contribution in [1.82, 2.24) is 0 Å². The lowest BCUT2D eigenvalue weighted by Crippen LogP contribution is -2.23. The molecular weight excluding hydrogens is 366 g/mol. The number of oxime groups is 1. The van der Waals surface area contributed by atoms with Crippen molar-refractivity contribution in [2.75, 3.05) is 0 Å². The van der Waals surface area contributed by atoms with Gasteiger partial charge >= 0.3 is 0 Å². The van der Waals surface area contributed by atoms with Crippen molar-refractivity contribution < 1.29 is 4.84 Å². The van der Waals surface area contributed by atoms with Crippen LogP contribution in [0.2, 0.25) is 5.02 Å². The monoisotopic (exact) mass is 389 g/mol. The van der Waals surface area contributed by atoms with Crippen molar-refractivity contribution in [1.29, 1.82) is 0 Å².